The summed E-state index contributed by atoms with van der Waals surface area (Å²) in [6.07, 6.45) is 1.21. The Morgan fingerprint density at radius 1 is 1.24 bits per heavy atom. The minimum atomic E-state index is -2.34. The highest BCUT2D eigenvalue weighted by Gasteiger charge is 2.66. The largest absolute Gasteiger partial charge is 0.415 e. The molecule has 1 saturated heterocycles. The van der Waals surface area contributed by atoms with Crippen LogP contribution in [0.1, 0.15) is 40.0 Å². The molecule has 150 valence electrons. The molecule has 0 saturated carbocycles. The maximum absolute atomic E-state index is 11.6. The fraction of sp³-hybridized carbons (Fsp3) is 1.00. The smallest absolute Gasteiger partial charge is 0.178 e. The zero-order valence-electron chi connectivity index (χ0n) is 17.9. The molecule has 0 spiro atoms. The van der Waals surface area contributed by atoms with Crippen LogP contribution in [0.25, 0.3) is 0 Å². The van der Waals surface area contributed by atoms with Gasteiger partial charge >= 0.3 is 0 Å². The van der Waals surface area contributed by atoms with Crippen LogP contribution in [-0.4, -0.2) is 62.4 Å². The molecule has 0 aromatic heterocycles. The SMILES string of the molecule is CCCC(O)(C(O)CO)[Si]1(C)CCC(C)(C(C)[Si](C)(C)C)O[Si]1(C)C. The molecule has 25 heavy (non-hydrogen) atoms. The Labute approximate surface area is 157 Å². The van der Waals surface area contributed by atoms with Crippen LogP contribution in [0.3, 0.4) is 0 Å². The molecule has 7 heteroatoms. The van der Waals surface area contributed by atoms with Crippen LogP contribution in [-0.2, 0) is 4.43 Å². The highest BCUT2D eigenvalue weighted by atomic mass is 29.3. The molecule has 1 heterocycles. The maximum atomic E-state index is 11.6. The summed E-state index contributed by atoms with van der Waals surface area (Å²) >= 11 is 0. The van der Waals surface area contributed by atoms with E-state index in [1.165, 1.54) is 0 Å². The molecule has 1 rings (SSSR count). The Bertz CT molecular complexity index is 468. The van der Waals surface area contributed by atoms with Gasteiger partial charge in [0, 0.05) is 0 Å². The first-order valence-corrected chi connectivity index (χ1v) is 20.0. The van der Waals surface area contributed by atoms with Crippen molar-refractivity contribution in [3.8, 4) is 0 Å². The van der Waals surface area contributed by atoms with E-state index in [1.807, 2.05) is 6.92 Å². The summed E-state index contributed by atoms with van der Waals surface area (Å²) in [5.74, 6) is 0. The molecule has 0 amide bonds. The standard InChI is InChI=1S/C18H42O4Si3/c1-10-11-18(21,16(20)14-19)25(9)13-12-17(3,22-24(25,7)8)15(2)23(4,5)6/h15-16,19-21H,10-14H2,1-9H3. The van der Waals surface area contributed by atoms with Gasteiger partial charge in [0.2, 0.25) is 0 Å². The van der Waals surface area contributed by atoms with Gasteiger partial charge < -0.3 is 19.7 Å². The minimum Gasteiger partial charge on any atom is -0.415 e. The maximum Gasteiger partial charge on any atom is 0.178 e. The second kappa shape index (κ2) is 7.49. The van der Waals surface area contributed by atoms with E-state index in [9.17, 15) is 15.3 Å². The Morgan fingerprint density at radius 3 is 2.12 bits per heavy atom. The van der Waals surface area contributed by atoms with Gasteiger partial charge in [-0.05, 0) is 38.4 Å². The third-order valence-electron chi connectivity index (χ3n) is 7.46. The van der Waals surface area contributed by atoms with Gasteiger partial charge in [-0.3, -0.25) is 0 Å². The lowest BCUT2D eigenvalue weighted by Crippen LogP contribution is -2.79. The molecule has 1 aliphatic heterocycles. The monoisotopic (exact) mass is 406 g/mol. The Hall–Kier alpha value is 0.491. The number of aliphatic hydroxyl groups excluding tert-OH is 2. The van der Waals surface area contributed by atoms with E-state index in [1.54, 1.807) is 0 Å². The zero-order chi connectivity index (χ0) is 19.9. The summed E-state index contributed by atoms with van der Waals surface area (Å²) < 4.78 is 6.93. The highest BCUT2D eigenvalue weighted by molar-refractivity contribution is 7.40. The van der Waals surface area contributed by atoms with Crippen LogP contribution in [0, 0.1) is 0 Å². The van der Waals surface area contributed by atoms with Crippen molar-refractivity contribution in [2.24, 2.45) is 0 Å². The quantitative estimate of drug-likeness (QED) is 0.564. The number of rotatable bonds is 7. The van der Waals surface area contributed by atoms with Gasteiger partial charge in [-0.1, -0.05) is 52.5 Å². The first-order valence-electron chi connectivity index (χ1n) is 9.83. The summed E-state index contributed by atoms with van der Waals surface area (Å²) in [6, 6.07) is 0.963. The molecule has 1 fully saturated rings. The van der Waals surface area contributed by atoms with Crippen LogP contribution in [0.4, 0.5) is 0 Å². The normalized spacial score (nSPS) is 35.0. The van der Waals surface area contributed by atoms with Crippen molar-refractivity contribution in [2.45, 2.75) is 108 Å². The van der Waals surface area contributed by atoms with Crippen molar-refractivity contribution >= 4 is 23.5 Å². The van der Waals surface area contributed by atoms with Gasteiger partial charge in [0.25, 0.3) is 0 Å². The Kier molecular flexibility index (Phi) is 7.05. The number of hydrogen-bond acceptors (Lipinski definition) is 4. The van der Waals surface area contributed by atoms with Gasteiger partial charge in [-0.25, -0.2) is 0 Å². The van der Waals surface area contributed by atoms with Crippen LogP contribution < -0.4 is 0 Å². The second-order valence-electron chi connectivity index (χ2n) is 10.2. The molecule has 0 aliphatic carbocycles. The minimum absolute atomic E-state index is 0.135. The van der Waals surface area contributed by atoms with Crippen LogP contribution in [0.2, 0.25) is 50.9 Å². The fourth-order valence-corrected chi connectivity index (χ4v) is 20.9. The highest BCUT2D eigenvalue weighted by Crippen LogP contribution is 2.51. The summed E-state index contributed by atoms with van der Waals surface area (Å²) in [5, 5.41) is 30.5. The molecular formula is C18H42O4Si3. The molecule has 0 radical (unpaired) electrons. The van der Waals surface area contributed by atoms with Crippen molar-refractivity contribution in [1.82, 2.24) is 0 Å². The fourth-order valence-electron chi connectivity index (χ4n) is 4.85. The van der Waals surface area contributed by atoms with Crippen molar-refractivity contribution in [2.75, 3.05) is 6.61 Å². The predicted molar refractivity (Wildman–Crippen MR) is 114 cm³/mol. The number of hydrogen-bond donors (Lipinski definition) is 3. The third-order valence-corrected chi connectivity index (χ3v) is 28.4. The van der Waals surface area contributed by atoms with E-state index in [4.69, 9.17) is 4.43 Å². The van der Waals surface area contributed by atoms with Crippen LogP contribution >= 0.6 is 0 Å². The van der Waals surface area contributed by atoms with E-state index in [0.717, 1.165) is 18.9 Å². The Morgan fingerprint density at radius 2 is 1.76 bits per heavy atom. The molecule has 4 nitrogen and oxygen atoms in total. The van der Waals surface area contributed by atoms with Crippen molar-refractivity contribution in [1.29, 1.82) is 0 Å². The first-order chi connectivity index (χ1) is 11.1. The molecule has 1 aliphatic rings. The summed E-state index contributed by atoms with van der Waals surface area (Å²) in [7, 11) is -5.93. The second-order valence-corrected chi connectivity index (χ2v) is 30.0. The predicted octanol–water partition coefficient (Wildman–Crippen LogP) is 3.68. The third kappa shape index (κ3) is 4.02. The lowest BCUT2D eigenvalue weighted by atomic mass is 10.00. The van der Waals surface area contributed by atoms with Crippen molar-refractivity contribution in [3.63, 3.8) is 0 Å². The van der Waals surface area contributed by atoms with Gasteiger partial charge in [0.1, 0.15) is 13.7 Å². The average molecular weight is 407 g/mol. The number of aliphatic hydroxyl groups is 3. The molecule has 0 aromatic carbocycles. The zero-order valence-corrected chi connectivity index (χ0v) is 20.9. The molecule has 5 atom stereocenters. The lowest BCUT2D eigenvalue weighted by Gasteiger charge is -2.61. The summed E-state index contributed by atoms with van der Waals surface area (Å²) in [4.78, 5) is 0. The molecular weight excluding hydrogens is 364 g/mol. The molecule has 0 aromatic rings. The summed E-state index contributed by atoms with van der Waals surface area (Å²) in [6.45, 7) is 20.1. The van der Waals surface area contributed by atoms with Crippen molar-refractivity contribution in [3.05, 3.63) is 0 Å². The Balaban J connectivity index is 3.29. The van der Waals surface area contributed by atoms with Gasteiger partial charge in [0.05, 0.1) is 25.5 Å². The van der Waals surface area contributed by atoms with Crippen LogP contribution in [0.15, 0.2) is 0 Å². The molecule has 5 unspecified atom stereocenters. The molecule has 3 N–H and O–H groups in total. The van der Waals surface area contributed by atoms with E-state index >= 15 is 0 Å². The van der Waals surface area contributed by atoms with Crippen molar-refractivity contribution < 1.29 is 19.7 Å². The van der Waals surface area contributed by atoms with E-state index in [-0.39, 0.29) is 12.2 Å². The van der Waals surface area contributed by atoms with E-state index < -0.39 is 34.8 Å². The topological polar surface area (TPSA) is 69.9 Å². The average Bonchev–Trinajstić information content (AvgIpc) is 2.48. The van der Waals surface area contributed by atoms with E-state index in [2.05, 4.69) is 53.1 Å². The van der Waals surface area contributed by atoms with Gasteiger partial charge in [-0.15, -0.1) is 0 Å². The van der Waals surface area contributed by atoms with Crippen LogP contribution in [0.5, 0.6) is 0 Å². The first kappa shape index (κ1) is 23.5. The summed E-state index contributed by atoms with van der Waals surface area (Å²) in [5.41, 5.74) is 0.400. The molecule has 0 bridgehead atoms. The van der Waals surface area contributed by atoms with Gasteiger partial charge in [-0.2, -0.15) is 0 Å². The van der Waals surface area contributed by atoms with Gasteiger partial charge in [0.15, 0.2) is 7.83 Å². The lowest BCUT2D eigenvalue weighted by molar-refractivity contribution is -0.0553. The van der Waals surface area contributed by atoms with E-state index in [0.29, 0.717) is 12.0 Å².